The molecule has 0 radical (unpaired) electrons. The highest BCUT2D eigenvalue weighted by Crippen LogP contribution is 2.28. The first-order valence-corrected chi connectivity index (χ1v) is 7.88. The van der Waals surface area contributed by atoms with Crippen LogP contribution in [0.25, 0.3) is 0 Å². The SMILES string of the molecule is CC(NC1CCCCCC1)c1ccc(Br)s1. The molecule has 1 heterocycles. The monoisotopic (exact) mass is 301 g/mol. The molecule has 1 unspecified atom stereocenters. The summed E-state index contributed by atoms with van der Waals surface area (Å²) in [7, 11) is 0. The lowest BCUT2D eigenvalue weighted by molar-refractivity contribution is 0.417. The molecule has 1 nitrogen and oxygen atoms in total. The maximum Gasteiger partial charge on any atom is 0.0701 e. The van der Waals surface area contributed by atoms with Crippen molar-refractivity contribution in [1.82, 2.24) is 5.32 Å². The van der Waals surface area contributed by atoms with Crippen LogP contribution in [0.2, 0.25) is 0 Å². The molecule has 0 aromatic carbocycles. The second-order valence-electron chi connectivity index (χ2n) is 4.72. The summed E-state index contributed by atoms with van der Waals surface area (Å²) >= 11 is 5.37. The van der Waals surface area contributed by atoms with Crippen molar-refractivity contribution in [2.45, 2.75) is 57.5 Å². The quantitative estimate of drug-likeness (QED) is 0.784. The second kappa shape index (κ2) is 6.18. The molecular weight excluding hydrogens is 282 g/mol. The van der Waals surface area contributed by atoms with E-state index in [4.69, 9.17) is 0 Å². The van der Waals surface area contributed by atoms with Gasteiger partial charge in [0.1, 0.15) is 0 Å². The van der Waals surface area contributed by atoms with E-state index in [-0.39, 0.29) is 0 Å². The van der Waals surface area contributed by atoms with Crippen molar-refractivity contribution in [1.29, 1.82) is 0 Å². The lowest BCUT2D eigenvalue weighted by Gasteiger charge is -2.21. The fourth-order valence-corrected chi connectivity index (χ4v) is 3.88. The van der Waals surface area contributed by atoms with Gasteiger partial charge in [0, 0.05) is 17.0 Å². The van der Waals surface area contributed by atoms with Crippen molar-refractivity contribution < 1.29 is 0 Å². The van der Waals surface area contributed by atoms with Gasteiger partial charge in [-0.05, 0) is 47.8 Å². The van der Waals surface area contributed by atoms with Gasteiger partial charge < -0.3 is 5.32 Å². The van der Waals surface area contributed by atoms with Crippen molar-refractivity contribution in [3.63, 3.8) is 0 Å². The Morgan fingerprint density at radius 1 is 1.25 bits per heavy atom. The highest BCUT2D eigenvalue weighted by Gasteiger charge is 2.16. The molecule has 0 spiro atoms. The van der Waals surface area contributed by atoms with E-state index >= 15 is 0 Å². The van der Waals surface area contributed by atoms with Gasteiger partial charge in [-0.2, -0.15) is 0 Å². The summed E-state index contributed by atoms with van der Waals surface area (Å²) in [4.78, 5) is 1.44. The molecule has 2 rings (SSSR count). The summed E-state index contributed by atoms with van der Waals surface area (Å²) in [6.45, 7) is 2.28. The van der Waals surface area contributed by atoms with E-state index in [0.29, 0.717) is 6.04 Å². The maximum absolute atomic E-state index is 3.78. The molecule has 1 atom stereocenters. The summed E-state index contributed by atoms with van der Waals surface area (Å²) in [5.41, 5.74) is 0. The zero-order valence-electron chi connectivity index (χ0n) is 9.84. The van der Waals surface area contributed by atoms with E-state index in [0.717, 1.165) is 6.04 Å². The molecule has 1 saturated carbocycles. The molecule has 90 valence electrons. The smallest absolute Gasteiger partial charge is 0.0701 e. The zero-order valence-corrected chi connectivity index (χ0v) is 12.2. The van der Waals surface area contributed by atoms with Crippen molar-refractivity contribution in [2.75, 3.05) is 0 Å². The summed E-state index contributed by atoms with van der Waals surface area (Å²) in [6.07, 6.45) is 8.37. The molecule has 1 aromatic heterocycles. The molecule has 16 heavy (non-hydrogen) atoms. The Hall–Kier alpha value is 0.140. The molecule has 0 saturated heterocycles. The summed E-state index contributed by atoms with van der Waals surface area (Å²) in [6, 6.07) is 5.60. The van der Waals surface area contributed by atoms with Gasteiger partial charge in [0.25, 0.3) is 0 Å². The highest BCUT2D eigenvalue weighted by atomic mass is 79.9. The first kappa shape index (κ1) is 12.6. The first-order valence-electron chi connectivity index (χ1n) is 6.27. The third-order valence-electron chi connectivity index (χ3n) is 3.36. The predicted molar refractivity (Wildman–Crippen MR) is 75.1 cm³/mol. The minimum atomic E-state index is 0.499. The largest absolute Gasteiger partial charge is 0.307 e. The van der Waals surface area contributed by atoms with Crippen molar-refractivity contribution in [2.24, 2.45) is 0 Å². The van der Waals surface area contributed by atoms with Gasteiger partial charge in [-0.1, -0.05) is 25.7 Å². The molecule has 1 aliphatic carbocycles. The van der Waals surface area contributed by atoms with Crippen LogP contribution in [0.3, 0.4) is 0 Å². The second-order valence-corrected chi connectivity index (χ2v) is 7.21. The van der Waals surface area contributed by atoms with E-state index in [2.05, 4.69) is 40.3 Å². The fraction of sp³-hybridized carbons (Fsp3) is 0.692. The summed E-state index contributed by atoms with van der Waals surface area (Å²) in [5.74, 6) is 0. The summed E-state index contributed by atoms with van der Waals surface area (Å²) in [5, 5.41) is 3.78. The average Bonchev–Trinajstić information content (AvgIpc) is 2.54. The molecule has 0 amide bonds. The Morgan fingerprint density at radius 2 is 1.94 bits per heavy atom. The van der Waals surface area contributed by atoms with Gasteiger partial charge in [0.15, 0.2) is 0 Å². The number of hydrogen-bond donors (Lipinski definition) is 1. The van der Waals surface area contributed by atoms with Gasteiger partial charge in [0.05, 0.1) is 3.79 Å². The van der Waals surface area contributed by atoms with E-state index in [9.17, 15) is 0 Å². The zero-order chi connectivity index (χ0) is 11.4. The fourth-order valence-electron chi connectivity index (χ4n) is 2.44. The molecule has 1 fully saturated rings. The number of hydrogen-bond acceptors (Lipinski definition) is 2. The van der Waals surface area contributed by atoms with Crippen molar-refractivity contribution in [3.8, 4) is 0 Å². The van der Waals surface area contributed by atoms with E-state index < -0.39 is 0 Å². The minimum Gasteiger partial charge on any atom is -0.307 e. The number of nitrogens with one attached hydrogen (secondary N) is 1. The van der Waals surface area contributed by atoms with Crippen molar-refractivity contribution in [3.05, 3.63) is 20.8 Å². The standard InChI is InChI=1S/C13H20BrNS/c1-10(12-8-9-13(14)16-12)15-11-6-4-2-3-5-7-11/h8-11,15H,2-7H2,1H3. The molecule has 1 aromatic rings. The van der Waals surface area contributed by atoms with Crippen LogP contribution in [0, 0.1) is 0 Å². The van der Waals surface area contributed by atoms with Gasteiger partial charge >= 0.3 is 0 Å². The molecule has 1 N–H and O–H groups in total. The highest BCUT2D eigenvalue weighted by molar-refractivity contribution is 9.11. The van der Waals surface area contributed by atoms with Gasteiger partial charge in [0.2, 0.25) is 0 Å². The Balaban J connectivity index is 1.88. The van der Waals surface area contributed by atoms with Crippen molar-refractivity contribution >= 4 is 27.3 Å². The predicted octanol–water partition coefficient (Wildman–Crippen LogP) is 4.88. The Labute approximate surface area is 111 Å². The maximum atomic E-state index is 3.78. The van der Waals surface area contributed by atoms with Crippen LogP contribution < -0.4 is 5.32 Å². The van der Waals surface area contributed by atoms with Crippen LogP contribution >= 0.6 is 27.3 Å². The van der Waals surface area contributed by atoms with Gasteiger partial charge in [-0.3, -0.25) is 0 Å². The number of halogens is 1. The molecule has 0 aliphatic heterocycles. The van der Waals surface area contributed by atoms with E-state index in [1.807, 2.05) is 11.3 Å². The lowest BCUT2D eigenvalue weighted by atomic mass is 10.1. The molecule has 1 aliphatic rings. The Bertz CT molecular complexity index is 315. The van der Waals surface area contributed by atoms with Crippen LogP contribution in [0.4, 0.5) is 0 Å². The van der Waals surface area contributed by atoms with Crippen LogP contribution in [0.5, 0.6) is 0 Å². The minimum absolute atomic E-state index is 0.499. The normalized spacial score (nSPS) is 20.6. The van der Waals surface area contributed by atoms with Crippen LogP contribution in [-0.4, -0.2) is 6.04 Å². The first-order chi connectivity index (χ1) is 7.75. The molecule has 3 heteroatoms. The Kier molecular flexibility index (Phi) is 4.86. The van der Waals surface area contributed by atoms with Crippen LogP contribution in [0.1, 0.15) is 56.4 Å². The molecular formula is C13H20BrNS. The van der Waals surface area contributed by atoms with Crippen LogP contribution in [0.15, 0.2) is 15.9 Å². The third-order valence-corrected chi connectivity index (χ3v) is 5.17. The lowest BCUT2D eigenvalue weighted by Crippen LogP contribution is -2.30. The average molecular weight is 302 g/mol. The van der Waals surface area contributed by atoms with E-state index in [1.165, 1.54) is 47.2 Å². The van der Waals surface area contributed by atoms with Crippen LogP contribution in [-0.2, 0) is 0 Å². The third kappa shape index (κ3) is 3.57. The number of thiophene rings is 1. The topological polar surface area (TPSA) is 12.0 Å². The Morgan fingerprint density at radius 3 is 2.50 bits per heavy atom. The molecule has 0 bridgehead atoms. The van der Waals surface area contributed by atoms with Gasteiger partial charge in [-0.25, -0.2) is 0 Å². The van der Waals surface area contributed by atoms with E-state index in [1.54, 1.807) is 0 Å². The number of rotatable bonds is 3. The van der Waals surface area contributed by atoms with Gasteiger partial charge in [-0.15, -0.1) is 11.3 Å². The summed E-state index contributed by atoms with van der Waals surface area (Å²) < 4.78 is 1.23.